The number of likely N-dealkylation sites (tertiary alicyclic amines) is 1. The van der Waals surface area contributed by atoms with Crippen LogP contribution < -0.4 is 5.32 Å². The van der Waals surface area contributed by atoms with Crippen LogP contribution in [0.25, 0.3) is 11.1 Å². The van der Waals surface area contributed by atoms with Crippen molar-refractivity contribution >= 4 is 18.0 Å². The normalized spacial score (nSPS) is 22.8. The van der Waals surface area contributed by atoms with Crippen LogP contribution in [0, 0.1) is 11.3 Å². The fraction of sp³-hybridized carbons (Fsp3) is 0.423. The minimum atomic E-state index is -0.883. The molecule has 1 saturated heterocycles. The zero-order valence-corrected chi connectivity index (χ0v) is 18.6. The van der Waals surface area contributed by atoms with Crippen molar-refractivity contribution in [3.05, 3.63) is 59.7 Å². The molecule has 1 saturated carbocycles. The molecule has 2 amide bonds. The van der Waals surface area contributed by atoms with Gasteiger partial charge in [0.05, 0.1) is 11.3 Å². The number of nitrogens with zero attached hydrogens (tertiary/aromatic N) is 1. The van der Waals surface area contributed by atoms with E-state index in [1.54, 1.807) is 11.8 Å². The van der Waals surface area contributed by atoms with Gasteiger partial charge >= 0.3 is 12.1 Å². The first-order valence-corrected chi connectivity index (χ1v) is 11.5. The van der Waals surface area contributed by atoms with E-state index in [-0.39, 0.29) is 43.5 Å². The maximum absolute atomic E-state index is 12.9. The number of benzene rings is 2. The Labute approximate surface area is 192 Å². The van der Waals surface area contributed by atoms with Gasteiger partial charge in [-0.25, -0.2) is 4.79 Å². The van der Waals surface area contributed by atoms with Gasteiger partial charge < -0.3 is 20.1 Å². The first-order valence-electron chi connectivity index (χ1n) is 11.5. The van der Waals surface area contributed by atoms with Gasteiger partial charge in [-0.1, -0.05) is 55.0 Å². The molecule has 2 aromatic carbocycles. The van der Waals surface area contributed by atoms with Crippen molar-refractivity contribution in [1.29, 1.82) is 0 Å². The maximum Gasteiger partial charge on any atom is 0.407 e. The van der Waals surface area contributed by atoms with E-state index in [1.165, 1.54) is 11.1 Å². The number of carboxylic acid groups (broad SMARTS) is 1. The van der Waals surface area contributed by atoms with E-state index in [0.717, 1.165) is 17.5 Å². The Morgan fingerprint density at radius 3 is 2.24 bits per heavy atom. The van der Waals surface area contributed by atoms with E-state index >= 15 is 0 Å². The second-order valence-corrected chi connectivity index (χ2v) is 9.67. The highest BCUT2D eigenvalue weighted by Gasteiger charge is 2.50. The highest BCUT2D eigenvalue weighted by molar-refractivity contribution is 5.85. The quantitative estimate of drug-likeness (QED) is 0.728. The number of rotatable bonds is 5. The van der Waals surface area contributed by atoms with Crippen molar-refractivity contribution in [3.63, 3.8) is 0 Å². The van der Waals surface area contributed by atoms with E-state index in [4.69, 9.17) is 4.74 Å². The summed E-state index contributed by atoms with van der Waals surface area (Å²) in [6, 6.07) is 16.1. The molecule has 1 aliphatic heterocycles. The molecule has 0 radical (unpaired) electrons. The molecule has 3 aliphatic rings. The van der Waals surface area contributed by atoms with Crippen LogP contribution in [0.3, 0.4) is 0 Å². The second kappa shape index (κ2) is 8.21. The Morgan fingerprint density at radius 2 is 1.64 bits per heavy atom. The van der Waals surface area contributed by atoms with Gasteiger partial charge in [0.15, 0.2) is 0 Å². The molecule has 0 spiro atoms. The van der Waals surface area contributed by atoms with Gasteiger partial charge in [-0.2, -0.15) is 0 Å². The van der Waals surface area contributed by atoms with Crippen LogP contribution in [0.15, 0.2) is 48.5 Å². The van der Waals surface area contributed by atoms with Crippen molar-refractivity contribution in [2.24, 2.45) is 11.3 Å². The lowest BCUT2D eigenvalue weighted by atomic mass is 9.81. The minimum absolute atomic E-state index is 0.0149. The van der Waals surface area contributed by atoms with E-state index in [9.17, 15) is 19.5 Å². The molecule has 1 heterocycles. The maximum atomic E-state index is 12.9. The molecule has 33 heavy (non-hydrogen) atoms. The van der Waals surface area contributed by atoms with Gasteiger partial charge in [-0.05, 0) is 42.0 Å². The Morgan fingerprint density at radius 1 is 1.03 bits per heavy atom. The third-order valence-electron chi connectivity index (χ3n) is 7.39. The highest BCUT2D eigenvalue weighted by Crippen LogP contribution is 2.44. The van der Waals surface area contributed by atoms with Gasteiger partial charge in [0, 0.05) is 25.0 Å². The number of ether oxygens (including phenoxy) is 1. The number of fused-ring (bicyclic) bond motifs is 3. The number of nitrogens with one attached hydrogen (secondary N) is 1. The number of carbonyl (C=O) groups is 3. The number of carbonyl (C=O) groups excluding carboxylic acids is 2. The average Bonchev–Trinajstić information content (AvgIpc) is 3.37. The Bertz CT molecular complexity index is 1060. The minimum Gasteiger partial charge on any atom is -0.481 e. The summed E-state index contributed by atoms with van der Waals surface area (Å²) in [5, 5.41) is 12.2. The topological polar surface area (TPSA) is 95.9 Å². The molecular weight excluding hydrogens is 420 g/mol. The second-order valence-electron chi connectivity index (χ2n) is 9.67. The average molecular weight is 449 g/mol. The molecule has 0 bridgehead atoms. The SMILES string of the molecule is CC1(C(=O)O)CN(C(=O)[C@@H]2CCC[C@@H]2NC(=O)OCC2c3ccccc3-c3ccccc32)C1. The summed E-state index contributed by atoms with van der Waals surface area (Å²) in [5.74, 6) is -1.30. The van der Waals surface area contributed by atoms with Gasteiger partial charge in [0.2, 0.25) is 5.91 Å². The monoisotopic (exact) mass is 448 g/mol. The molecule has 5 rings (SSSR count). The molecule has 2 atom stereocenters. The van der Waals surface area contributed by atoms with Crippen LogP contribution in [0.2, 0.25) is 0 Å². The van der Waals surface area contributed by atoms with E-state index in [1.807, 2.05) is 24.3 Å². The third-order valence-corrected chi connectivity index (χ3v) is 7.39. The van der Waals surface area contributed by atoms with Gasteiger partial charge in [-0.3, -0.25) is 9.59 Å². The number of alkyl carbamates (subject to hydrolysis) is 1. The summed E-state index contributed by atoms with van der Waals surface area (Å²) < 4.78 is 5.64. The van der Waals surface area contributed by atoms with Crippen LogP contribution in [0.4, 0.5) is 4.79 Å². The largest absolute Gasteiger partial charge is 0.481 e. The van der Waals surface area contributed by atoms with E-state index in [0.29, 0.717) is 12.8 Å². The zero-order valence-electron chi connectivity index (χ0n) is 18.6. The molecular formula is C26H28N2O5. The molecule has 0 aromatic heterocycles. The number of hydrogen-bond donors (Lipinski definition) is 2. The van der Waals surface area contributed by atoms with Gasteiger partial charge in [-0.15, -0.1) is 0 Å². The number of amides is 2. The Hall–Kier alpha value is -3.35. The number of carboxylic acids is 1. The predicted molar refractivity (Wildman–Crippen MR) is 122 cm³/mol. The molecule has 2 aromatic rings. The summed E-state index contributed by atoms with van der Waals surface area (Å²) in [4.78, 5) is 38.5. The lowest BCUT2D eigenvalue weighted by molar-refractivity contribution is -0.165. The summed E-state index contributed by atoms with van der Waals surface area (Å²) in [7, 11) is 0. The van der Waals surface area contributed by atoms with Crippen LogP contribution in [0.1, 0.15) is 43.2 Å². The zero-order chi connectivity index (χ0) is 23.2. The van der Waals surface area contributed by atoms with Crippen LogP contribution >= 0.6 is 0 Å². The fourth-order valence-corrected chi connectivity index (χ4v) is 5.54. The standard InChI is InChI=1S/C26H28N2O5/c1-26(24(30)31)14-28(15-26)23(29)20-11-6-12-22(20)27-25(32)33-13-21-18-9-4-2-7-16(18)17-8-3-5-10-19(17)21/h2-5,7-10,20-22H,6,11-15H2,1H3,(H,27,32)(H,30,31)/t20-,22+/m1/s1. The van der Waals surface area contributed by atoms with Crippen molar-refractivity contribution in [3.8, 4) is 11.1 Å². The summed E-state index contributed by atoms with van der Waals surface area (Å²) in [6.07, 6.45) is 1.73. The predicted octanol–water partition coefficient (Wildman–Crippen LogP) is 3.63. The molecule has 7 heteroatoms. The first-order chi connectivity index (χ1) is 15.9. The smallest absolute Gasteiger partial charge is 0.407 e. The lowest BCUT2D eigenvalue weighted by Gasteiger charge is -2.46. The van der Waals surface area contributed by atoms with Crippen LogP contribution in [0.5, 0.6) is 0 Å². The van der Waals surface area contributed by atoms with E-state index in [2.05, 4.69) is 29.6 Å². The summed E-state index contributed by atoms with van der Waals surface area (Å²) >= 11 is 0. The van der Waals surface area contributed by atoms with Gasteiger partial charge in [0.1, 0.15) is 6.61 Å². The van der Waals surface area contributed by atoms with Gasteiger partial charge in [0.25, 0.3) is 0 Å². The lowest BCUT2D eigenvalue weighted by Crippen LogP contribution is -2.62. The van der Waals surface area contributed by atoms with Crippen molar-refractivity contribution in [2.45, 2.75) is 38.1 Å². The third kappa shape index (κ3) is 3.75. The van der Waals surface area contributed by atoms with E-state index < -0.39 is 17.5 Å². The van der Waals surface area contributed by atoms with Crippen molar-refractivity contribution in [1.82, 2.24) is 10.2 Å². The molecule has 2 aliphatic carbocycles. The van der Waals surface area contributed by atoms with Crippen LogP contribution in [-0.4, -0.2) is 53.7 Å². The number of aliphatic carboxylic acids is 1. The summed E-state index contributed by atoms with van der Waals surface area (Å²) in [6.45, 7) is 2.32. The Kier molecular flexibility index (Phi) is 5.35. The highest BCUT2D eigenvalue weighted by atomic mass is 16.5. The molecule has 0 unspecified atom stereocenters. The fourth-order valence-electron chi connectivity index (χ4n) is 5.54. The number of hydrogen-bond acceptors (Lipinski definition) is 4. The molecule has 7 nitrogen and oxygen atoms in total. The molecule has 172 valence electrons. The molecule has 2 N–H and O–H groups in total. The first kappa shape index (κ1) is 21.5. The van der Waals surface area contributed by atoms with Crippen LogP contribution in [-0.2, 0) is 14.3 Å². The summed E-state index contributed by atoms with van der Waals surface area (Å²) in [5.41, 5.74) is 3.78. The molecule has 2 fully saturated rings. The van der Waals surface area contributed by atoms with Crippen molar-refractivity contribution < 1.29 is 24.2 Å². The Balaban J connectivity index is 1.20. The van der Waals surface area contributed by atoms with Crippen molar-refractivity contribution in [2.75, 3.05) is 19.7 Å².